The van der Waals surface area contributed by atoms with Crippen molar-refractivity contribution in [2.45, 2.75) is 52.6 Å². The van der Waals surface area contributed by atoms with Crippen molar-refractivity contribution in [2.75, 3.05) is 11.5 Å². The molecule has 0 unspecified atom stereocenters. The lowest BCUT2D eigenvalue weighted by atomic mass is 10.0. The SMILES string of the molecule is CC(C)c1ccc(CN(C(=O)[C@@H]2[C@@H](C=C(Cl)Cl)C2(C)C)[C@H]2CCS(=O)(=O)C2)cc1. The van der Waals surface area contributed by atoms with Gasteiger partial charge in [-0.15, -0.1) is 0 Å². The Labute approximate surface area is 184 Å². The van der Waals surface area contributed by atoms with Crippen molar-refractivity contribution >= 4 is 38.9 Å². The van der Waals surface area contributed by atoms with Gasteiger partial charge < -0.3 is 4.90 Å². The first-order valence-electron chi connectivity index (χ1n) is 10.0. The summed E-state index contributed by atoms with van der Waals surface area (Å²) in [5.74, 6) is 0.311. The van der Waals surface area contributed by atoms with Crippen LogP contribution >= 0.6 is 23.2 Å². The molecular formula is C22H29Cl2NO3S. The first kappa shape index (κ1) is 22.6. The van der Waals surface area contributed by atoms with Crippen LogP contribution in [0.4, 0.5) is 0 Å². The van der Waals surface area contributed by atoms with Crippen LogP contribution in [0.25, 0.3) is 0 Å². The van der Waals surface area contributed by atoms with Crippen LogP contribution in [-0.4, -0.2) is 36.8 Å². The Morgan fingerprint density at radius 1 is 1.24 bits per heavy atom. The largest absolute Gasteiger partial charge is 0.334 e. The molecule has 160 valence electrons. The van der Waals surface area contributed by atoms with E-state index in [1.165, 1.54) is 5.56 Å². The molecule has 1 aromatic carbocycles. The highest BCUT2D eigenvalue weighted by atomic mass is 35.5. The van der Waals surface area contributed by atoms with Crippen molar-refractivity contribution in [1.29, 1.82) is 0 Å². The van der Waals surface area contributed by atoms with Crippen molar-refractivity contribution in [2.24, 2.45) is 17.3 Å². The number of hydrogen-bond donors (Lipinski definition) is 0. The minimum atomic E-state index is -3.10. The van der Waals surface area contributed by atoms with Crippen molar-refractivity contribution in [3.63, 3.8) is 0 Å². The van der Waals surface area contributed by atoms with Gasteiger partial charge in [-0.25, -0.2) is 8.42 Å². The van der Waals surface area contributed by atoms with Gasteiger partial charge in [-0.2, -0.15) is 0 Å². The summed E-state index contributed by atoms with van der Waals surface area (Å²) in [7, 11) is -3.10. The summed E-state index contributed by atoms with van der Waals surface area (Å²) in [6.45, 7) is 8.73. The predicted octanol–water partition coefficient (Wildman–Crippen LogP) is 4.92. The van der Waals surface area contributed by atoms with Crippen LogP contribution in [0.1, 0.15) is 51.2 Å². The fourth-order valence-corrected chi connectivity index (χ4v) is 6.39. The second-order valence-electron chi connectivity index (χ2n) is 9.20. The van der Waals surface area contributed by atoms with Crippen LogP contribution in [0.2, 0.25) is 0 Å². The maximum atomic E-state index is 13.5. The second kappa shape index (κ2) is 8.24. The van der Waals surface area contributed by atoms with E-state index < -0.39 is 9.84 Å². The van der Waals surface area contributed by atoms with Gasteiger partial charge in [0.2, 0.25) is 5.91 Å². The van der Waals surface area contributed by atoms with Gasteiger partial charge in [0.1, 0.15) is 4.49 Å². The Kier molecular flexibility index (Phi) is 6.43. The minimum Gasteiger partial charge on any atom is -0.334 e. The van der Waals surface area contributed by atoms with E-state index >= 15 is 0 Å². The van der Waals surface area contributed by atoms with Crippen LogP contribution in [-0.2, 0) is 21.2 Å². The molecule has 0 N–H and O–H groups in total. The number of sulfone groups is 1. The third-order valence-corrected chi connectivity index (χ3v) is 8.42. The van der Waals surface area contributed by atoms with Crippen LogP contribution in [0.15, 0.2) is 34.8 Å². The normalized spacial score (nSPS) is 26.9. The number of carbonyl (C=O) groups is 1. The molecule has 0 spiro atoms. The zero-order valence-electron chi connectivity index (χ0n) is 17.4. The molecular weight excluding hydrogens is 429 g/mol. The van der Waals surface area contributed by atoms with Gasteiger partial charge in [-0.05, 0) is 40.9 Å². The van der Waals surface area contributed by atoms with Gasteiger partial charge in [0.15, 0.2) is 9.84 Å². The van der Waals surface area contributed by atoms with Crippen molar-refractivity contribution in [1.82, 2.24) is 4.90 Å². The summed E-state index contributed by atoms with van der Waals surface area (Å²) in [6, 6.07) is 7.93. The van der Waals surface area contributed by atoms with E-state index in [1.807, 2.05) is 26.0 Å². The van der Waals surface area contributed by atoms with Gasteiger partial charge in [-0.3, -0.25) is 4.79 Å². The molecule has 4 nitrogen and oxygen atoms in total. The molecule has 0 bridgehead atoms. The number of halogens is 2. The number of hydrogen-bond acceptors (Lipinski definition) is 3. The summed E-state index contributed by atoms with van der Waals surface area (Å²) in [6.07, 6.45) is 2.22. The Morgan fingerprint density at radius 2 is 1.86 bits per heavy atom. The van der Waals surface area contributed by atoms with Gasteiger partial charge in [-0.1, -0.05) is 75.2 Å². The lowest BCUT2D eigenvalue weighted by Crippen LogP contribution is -2.42. The number of nitrogens with zero attached hydrogens (tertiary/aromatic N) is 1. The summed E-state index contributed by atoms with van der Waals surface area (Å²) < 4.78 is 24.3. The van der Waals surface area contributed by atoms with Crippen molar-refractivity contribution in [3.05, 3.63) is 46.0 Å². The van der Waals surface area contributed by atoms with Gasteiger partial charge in [0, 0.05) is 12.6 Å². The van der Waals surface area contributed by atoms with Gasteiger partial charge in [0.05, 0.1) is 17.4 Å². The quantitative estimate of drug-likeness (QED) is 0.608. The Hall–Kier alpha value is -1.04. The minimum absolute atomic E-state index is 0.0131. The number of rotatable bonds is 6. The lowest BCUT2D eigenvalue weighted by Gasteiger charge is -2.29. The van der Waals surface area contributed by atoms with Crippen LogP contribution in [0.5, 0.6) is 0 Å². The molecule has 3 atom stereocenters. The molecule has 29 heavy (non-hydrogen) atoms. The maximum absolute atomic E-state index is 13.5. The van der Waals surface area contributed by atoms with Crippen LogP contribution in [0, 0.1) is 17.3 Å². The molecule has 1 saturated heterocycles. The highest BCUT2D eigenvalue weighted by molar-refractivity contribution is 7.91. The van der Waals surface area contributed by atoms with Gasteiger partial charge in [0.25, 0.3) is 0 Å². The fourth-order valence-electron chi connectivity index (χ4n) is 4.39. The van der Waals surface area contributed by atoms with E-state index in [0.717, 1.165) is 5.56 Å². The molecule has 3 rings (SSSR count). The predicted molar refractivity (Wildman–Crippen MR) is 119 cm³/mol. The average Bonchev–Trinajstić information content (AvgIpc) is 2.94. The van der Waals surface area contributed by atoms with Gasteiger partial charge >= 0.3 is 0 Å². The highest BCUT2D eigenvalue weighted by Crippen LogP contribution is 2.60. The number of amides is 1. The standard InChI is InChI=1S/C22H29Cl2NO3S/c1-14(2)16-7-5-15(6-8-16)12-25(17-9-10-29(27,28)13-17)21(26)20-18(11-19(23)24)22(20,3)4/h5-8,11,14,17-18,20H,9-10,12-13H2,1-4H3/t17-,18+,20-/m0/s1. The number of benzene rings is 1. The molecule has 1 aliphatic heterocycles. The topological polar surface area (TPSA) is 54.5 Å². The molecule has 1 heterocycles. The molecule has 1 aromatic rings. The van der Waals surface area contributed by atoms with E-state index in [0.29, 0.717) is 18.9 Å². The molecule has 2 aliphatic rings. The molecule has 0 aromatic heterocycles. The summed E-state index contributed by atoms with van der Waals surface area (Å²) in [5.41, 5.74) is 2.00. The third-order valence-electron chi connectivity index (χ3n) is 6.41. The second-order valence-corrected chi connectivity index (χ2v) is 12.4. The Bertz CT molecular complexity index is 902. The number of allylic oxidation sites excluding steroid dienone is 1. The van der Waals surface area contributed by atoms with E-state index in [1.54, 1.807) is 11.0 Å². The number of carbonyl (C=O) groups excluding carboxylic acids is 1. The molecule has 2 fully saturated rings. The highest BCUT2D eigenvalue weighted by Gasteiger charge is 2.62. The Morgan fingerprint density at radius 3 is 2.34 bits per heavy atom. The molecule has 1 amide bonds. The summed E-state index contributed by atoms with van der Waals surface area (Å²) >= 11 is 11.7. The smallest absolute Gasteiger partial charge is 0.227 e. The first-order chi connectivity index (χ1) is 13.4. The van der Waals surface area contributed by atoms with E-state index in [9.17, 15) is 13.2 Å². The van der Waals surface area contributed by atoms with E-state index in [-0.39, 0.29) is 45.2 Å². The van der Waals surface area contributed by atoms with Crippen LogP contribution < -0.4 is 0 Å². The third kappa shape index (κ3) is 5.00. The van der Waals surface area contributed by atoms with E-state index in [4.69, 9.17) is 23.2 Å². The summed E-state index contributed by atoms with van der Waals surface area (Å²) in [4.78, 5) is 15.3. The first-order valence-corrected chi connectivity index (χ1v) is 12.6. The van der Waals surface area contributed by atoms with Crippen molar-refractivity contribution in [3.8, 4) is 0 Å². The monoisotopic (exact) mass is 457 g/mol. The summed E-state index contributed by atoms with van der Waals surface area (Å²) in [5, 5.41) is 0. The fraction of sp³-hybridized carbons (Fsp3) is 0.591. The molecule has 7 heteroatoms. The molecule has 1 saturated carbocycles. The maximum Gasteiger partial charge on any atom is 0.227 e. The van der Waals surface area contributed by atoms with Crippen LogP contribution in [0.3, 0.4) is 0 Å². The molecule has 0 radical (unpaired) electrons. The van der Waals surface area contributed by atoms with Crippen molar-refractivity contribution < 1.29 is 13.2 Å². The lowest BCUT2D eigenvalue weighted by molar-refractivity contribution is -0.136. The van der Waals surface area contributed by atoms with E-state index in [2.05, 4.69) is 26.0 Å². The Balaban J connectivity index is 1.86. The average molecular weight is 458 g/mol. The zero-order chi connectivity index (χ0) is 21.6. The molecule has 1 aliphatic carbocycles. The zero-order valence-corrected chi connectivity index (χ0v) is 19.7.